The summed E-state index contributed by atoms with van der Waals surface area (Å²) >= 11 is 0. The maximum Gasteiger partial charge on any atom is 0.514 e. The normalized spacial score (nSPS) is 12.1. The summed E-state index contributed by atoms with van der Waals surface area (Å²) in [7, 11) is -3.64. The molecule has 0 aliphatic rings. The van der Waals surface area contributed by atoms with Gasteiger partial charge in [0.2, 0.25) is 5.91 Å². The first kappa shape index (κ1) is 21.3. The molecule has 0 fully saturated rings. The number of nitrogens with one attached hydrogen (secondary N) is 1. The zero-order valence-corrected chi connectivity index (χ0v) is 14.6. The van der Waals surface area contributed by atoms with Crippen LogP contribution in [0.3, 0.4) is 0 Å². The van der Waals surface area contributed by atoms with Crippen LogP contribution in [0.2, 0.25) is 0 Å². The fourth-order valence-electron chi connectivity index (χ4n) is 1.79. The van der Waals surface area contributed by atoms with Gasteiger partial charge in [0.25, 0.3) is 5.69 Å². The molecule has 1 aromatic carbocycles. The molecule has 12 heteroatoms. The highest BCUT2D eigenvalue weighted by molar-refractivity contribution is 7.91. The Labute approximate surface area is 149 Å². The van der Waals surface area contributed by atoms with E-state index < -0.39 is 51.0 Å². The fourth-order valence-corrected chi connectivity index (χ4v) is 3.16. The molecule has 1 rings (SSSR count). The molecule has 1 atom stereocenters. The summed E-state index contributed by atoms with van der Waals surface area (Å²) in [6.07, 6.45) is -2.19. The topological polar surface area (TPSA) is 162 Å². The smallest absolute Gasteiger partial charge is 0.430 e. The molecule has 0 heterocycles. The summed E-state index contributed by atoms with van der Waals surface area (Å²) in [4.78, 5) is 32.3. The van der Waals surface area contributed by atoms with Crippen LogP contribution in [0.4, 0.5) is 10.5 Å². The van der Waals surface area contributed by atoms with Gasteiger partial charge < -0.3 is 14.8 Å². The van der Waals surface area contributed by atoms with Gasteiger partial charge in [0.1, 0.15) is 11.9 Å². The van der Waals surface area contributed by atoms with Crippen LogP contribution in [0.25, 0.3) is 0 Å². The van der Waals surface area contributed by atoms with Crippen LogP contribution < -0.4 is 10.1 Å². The Balaban J connectivity index is 2.45. The molecule has 0 aliphatic heterocycles. The summed E-state index contributed by atoms with van der Waals surface area (Å²) in [6.45, 7) is 0.127. The summed E-state index contributed by atoms with van der Waals surface area (Å²) in [5.74, 6) is -1.73. The van der Waals surface area contributed by atoms with Gasteiger partial charge in [0.15, 0.2) is 16.4 Å². The summed E-state index contributed by atoms with van der Waals surface area (Å²) in [5.41, 5.74) is -0.186. The Morgan fingerprint density at radius 2 is 1.88 bits per heavy atom. The molecular weight excluding hydrogens is 372 g/mol. The Morgan fingerprint density at radius 1 is 1.27 bits per heavy atom. The second kappa shape index (κ2) is 9.68. The lowest BCUT2D eigenvalue weighted by molar-refractivity contribution is -0.384. The third kappa shape index (κ3) is 7.90. The van der Waals surface area contributed by atoms with Crippen LogP contribution in [-0.2, 0) is 24.5 Å². The summed E-state index contributed by atoms with van der Waals surface area (Å²) < 4.78 is 33.2. The molecule has 1 unspecified atom stereocenters. The molecule has 143 valence electrons. The second-order valence-corrected chi connectivity index (χ2v) is 7.37. The van der Waals surface area contributed by atoms with Crippen molar-refractivity contribution in [2.45, 2.75) is 13.0 Å². The fraction of sp³-hybridized carbons (Fsp3) is 0.429. The predicted octanol–water partition coefficient (Wildman–Crippen LogP) is 0.460. The van der Waals surface area contributed by atoms with Crippen molar-refractivity contribution in [1.82, 2.24) is 5.32 Å². The van der Waals surface area contributed by atoms with Crippen molar-refractivity contribution < 1.29 is 37.5 Å². The van der Waals surface area contributed by atoms with E-state index in [1.807, 2.05) is 0 Å². The third-order valence-electron chi connectivity index (χ3n) is 2.90. The minimum atomic E-state index is -3.64. The highest BCUT2D eigenvalue weighted by Crippen LogP contribution is 2.18. The number of nitro groups is 1. The Bertz CT molecular complexity index is 746. The molecule has 0 saturated carbocycles. The average molecular weight is 389 g/mol. The third-order valence-corrected chi connectivity index (χ3v) is 4.70. The molecule has 1 amide bonds. The van der Waals surface area contributed by atoms with E-state index in [0.717, 1.165) is 12.1 Å². The summed E-state index contributed by atoms with van der Waals surface area (Å²) in [6, 6.07) is 4.65. The van der Waals surface area contributed by atoms with E-state index in [1.54, 1.807) is 0 Å². The molecule has 26 heavy (non-hydrogen) atoms. The highest BCUT2D eigenvalue weighted by Gasteiger charge is 2.20. The summed E-state index contributed by atoms with van der Waals surface area (Å²) in [5, 5.41) is 22.9. The van der Waals surface area contributed by atoms with Crippen LogP contribution in [0.15, 0.2) is 24.3 Å². The lowest BCUT2D eigenvalue weighted by Crippen LogP contribution is -2.33. The Kier molecular flexibility index (Phi) is 7.93. The van der Waals surface area contributed by atoms with Crippen molar-refractivity contribution in [3.63, 3.8) is 0 Å². The molecule has 1 aromatic rings. The van der Waals surface area contributed by atoms with E-state index in [-0.39, 0.29) is 18.0 Å². The van der Waals surface area contributed by atoms with Crippen molar-refractivity contribution in [3.05, 3.63) is 34.4 Å². The Hall–Kier alpha value is -2.73. The number of rotatable bonds is 9. The molecule has 11 nitrogen and oxygen atoms in total. The molecule has 0 spiro atoms. The van der Waals surface area contributed by atoms with Gasteiger partial charge in [0, 0.05) is 18.7 Å². The molecule has 0 aliphatic carbocycles. The van der Waals surface area contributed by atoms with Gasteiger partial charge in [-0.05, 0) is 19.1 Å². The SMILES string of the molecule is CC(CS(=O)(=O)CCNC(=O)C[O])OC(=O)Oc1ccc([N+](=O)[O-])cc1. The van der Waals surface area contributed by atoms with Gasteiger partial charge in [-0.2, -0.15) is 0 Å². The van der Waals surface area contributed by atoms with E-state index in [1.165, 1.54) is 19.1 Å². The monoisotopic (exact) mass is 389 g/mol. The number of sulfone groups is 1. The average Bonchev–Trinajstić information content (AvgIpc) is 2.53. The molecule has 0 saturated heterocycles. The van der Waals surface area contributed by atoms with E-state index in [2.05, 4.69) is 5.32 Å². The standard InChI is InChI=1S/C14H17N2O9S/c1-10(9-26(22,23)7-6-15-13(18)8-17)24-14(19)25-12-4-2-11(3-5-12)16(20)21/h2-5,10H,6-9H2,1H3,(H,15,18). The van der Waals surface area contributed by atoms with E-state index in [0.29, 0.717) is 0 Å². The zero-order chi connectivity index (χ0) is 19.7. The molecule has 0 bridgehead atoms. The lowest BCUT2D eigenvalue weighted by atomic mass is 10.3. The number of carbonyl (C=O) groups excluding carboxylic acids is 2. The highest BCUT2D eigenvalue weighted by atomic mass is 32.2. The first-order valence-corrected chi connectivity index (χ1v) is 9.13. The number of benzene rings is 1. The van der Waals surface area contributed by atoms with Crippen LogP contribution in [0.1, 0.15) is 6.92 Å². The molecule has 1 N–H and O–H groups in total. The number of hydrogen-bond donors (Lipinski definition) is 1. The van der Waals surface area contributed by atoms with Gasteiger partial charge in [-0.15, -0.1) is 0 Å². The van der Waals surface area contributed by atoms with Crippen molar-refractivity contribution >= 4 is 27.6 Å². The number of nitrogens with zero attached hydrogens (tertiary/aromatic N) is 1. The number of nitro benzene ring substituents is 1. The number of non-ortho nitro benzene ring substituents is 1. The van der Waals surface area contributed by atoms with Crippen LogP contribution in [0, 0.1) is 10.1 Å². The quantitative estimate of drug-likeness (QED) is 0.276. The van der Waals surface area contributed by atoms with E-state index >= 15 is 0 Å². The number of hydrogen-bond acceptors (Lipinski definition) is 8. The second-order valence-electron chi connectivity index (χ2n) is 5.14. The van der Waals surface area contributed by atoms with Crippen LogP contribution in [-0.4, -0.2) is 56.2 Å². The number of ether oxygens (including phenoxy) is 2. The molecule has 0 aromatic heterocycles. The van der Waals surface area contributed by atoms with E-state index in [9.17, 15) is 33.2 Å². The number of carbonyl (C=O) groups is 2. The van der Waals surface area contributed by atoms with Crippen LogP contribution >= 0.6 is 0 Å². The van der Waals surface area contributed by atoms with Crippen LogP contribution in [0.5, 0.6) is 5.75 Å². The maximum absolute atomic E-state index is 11.8. The van der Waals surface area contributed by atoms with Gasteiger partial charge >= 0.3 is 6.16 Å². The van der Waals surface area contributed by atoms with Crippen molar-refractivity contribution in [1.29, 1.82) is 0 Å². The number of amides is 1. The first-order chi connectivity index (χ1) is 12.1. The van der Waals surface area contributed by atoms with Gasteiger partial charge in [-0.3, -0.25) is 14.9 Å². The van der Waals surface area contributed by atoms with Crippen molar-refractivity contribution in [2.24, 2.45) is 0 Å². The predicted molar refractivity (Wildman–Crippen MR) is 86.9 cm³/mol. The maximum atomic E-state index is 11.8. The van der Waals surface area contributed by atoms with Crippen molar-refractivity contribution in [2.75, 3.05) is 24.7 Å². The minimum Gasteiger partial charge on any atom is -0.430 e. The Morgan fingerprint density at radius 3 is 2.42 bits per heavy atom. The largest absolute Gasteiger partial charge is 0.514 e. The van der Waals surface area contributed by atoms with Gasteiger partial charge in [0.05, 0.1) is 16.4 Å². The minimum absolute atomic E-state index is 0.00372. The zero-order valence-electron chi connectivity index (χ0n) is 13.7. The van der Waals surface area contributed by atoms with Gasteiger partial charge in [-0.1, -0.05) is 0 Å². The molecular formula is C14H17N2O9S. The lowest BCUT2D eigenvalue weighted by Gasteiger charge is -2.13. The van der Waals surface area contributed by atoms with Crippen molar-refractivity contribution in [3.8, 4) is 5.75 Å². The van der Waals surface area contributed by atoms with Gasteiger partial charge in [-0.25, -0.2) is 18.3 Å². The molecule has 1 radical (unpaired) electrons. The first-order valence-electron chi connectivity index (χ1n) is 7.31. The van der Waals surface area contributed by atoms with E-state index in [4.69, 9.17) is 9.47 Å².